The molecule has 156 valence electrons. The summed E-state index contributed by atoms with van der Waals surface area (Å²) in [7, 11) is 2.30. The number of ketones is 1. The fraction of sp³-hybridized carbons (Fsp3) is 0.263. The van der Waals surface area contributed by atoms with Gasteiger partial charge in [-0.2, -0.15) is 31.6 Å². The maximum absolute atomic E-state index is 12.5. The van der Waals surface area contributed by atoms with Crippen molar-refractivity contribution in [1.82, 2.24) is 0 Å². The largest absolute Gasteiger partial charge is 0.496 e. The number of nitrogens with zero attached hydrogens (tertiary/aromatic N) is 1. The van der Waals surface area contributed by atoms with Crippen molar-refractivity contribution in [3.8, 4) is 17.6 Å². The van der Waals surface area contributed by atoms with E-state index in [0.717, 1.165) is 38.5 Å². The molecule has 29 heavy (non-hydrogen) atoms. The molecule has 0 heterocycles. The van der Waals surface area contributed by atoms with Crippen LogP contribution in [0.2, 0.25) is 0 Å². The number of carbonyl (C=O) groups is 1. The van der Waals surface area contributed by atoms with Gasteiger partial charge in [-0.05, 0) is 43.3 Å². The molecule has 0 spiro atoms. The van der Waals surface area contributed by atoms with Crippen LogP contribution in [0, 0.1) is 11.3 Å². The van der Waals surface area contributed by atoms with E-state index in [2.05, 4.69) is 9.47 Å². The van der Waals surface area contributed by atoms with Gasteiger partial charge < -0.3 is 9.47 Å². The van der Waals surface area contributed by atoms with Gasteiger partial charge in [0.15, 0.2) is 5.78 Å². The summed E-state index contributed by atoms with van der Waals surface area (Å²) in [4.78, 5) is 10.9. The van der Waals surface area contributed by atoms with E-state index in [4.69, 9.17) is 5.26 Å². The molecule has 0 saturated heterocycles. The van der Waals surface area contributed by atoms with Crippen LogP contribution in [0.5, 0.6) is 11.5 Å². The third-order valence-electron chi connectivity index (χ3n) is 3.55. The summed E-state index contributed by atoms with van der Waals surface area (Å²) in [6.07, 6.45) is -9.02. The zero-order chi connectivity index (χ0) is 22.4. The zero-order valence-corrected chi connectivity index (χ0v) is 15.4. The first kappa shape index (κ1) is 23.8. The summed E-state index contributed by atoms with van der Waals surface area (Å²) < 4.78 is 83.7. The minimum absolute atomic E-state index is 0.0168. The topological polar surface area (TPSA) is 59.3 Å². The molecule has 0 aromatic heterocycles. The Labute approximate surface area is 162 Å². The lowest BCUT2D eigenvalue weighted by Crippen LogP contribution is -2.09. The van der Waals surface area contributed by atoms with Gasteiger partial charge in [-0.3, -0.25) is 4.79 Å². The lowest BCUT2D eigenvalue weighted by molar-refractivity contribution is -0.139. The lowest BCUT2D eigenvalue weighted by atomic mass is 10.1. The normalized spacial score (nSPS) is 11.0. The van der Waals surface area contributed by atoms with Crippen LogP contribution in [0.25, 0.3) is 0 Å². The highest BCUT2D eigenvalue weighted by atomic mass is 19.4. The number of nitriles is 1. The second kappa shape index (κ2) is 9.32. The van der Waals surface area contributed by atoms with Crippen LogP contribution in [0.4, 0.5) is 26.3 Å². The number of Topliss-reactive ketones (excluding diaryl/α,β-unsaturated/α-hetero) is 1. The van der Waals surface area contributed by atoms with Gasteiger partial charge in [0.2, 0.25) is 0 Å². The molecule has 0 saturated carbocycles. The summed E-state index contributed by atoms with van der Waals surface area (Å²) in [6.45, 7) is 1.21. The number of hydrogen-bond donors (Lipinski definition) is 0. The smallest absolute Gasteiger partial charge is 0.420 e. The van der Waals surface area contributed by atoms with Gasteiger partial charge >= 0.3 is 12.4 Å². The minimum Gasteiger partial charge on any atom is -0.496 e. The van der Waals surface area contributed by atoms with Crippen molar-refractivity contribution in [2.24, 2.45) is 0 Å². The molecule has 0 N–H and O–H groups in total. The van der Waals surface area contributed by atoms with Crippen molar-refractivity contribution in [2.75, 3.05) is 14.2 Å². The molecule has 0 bridgehead atoms. The predicted molar refractivity (Wildman–Crippen MR) is 90.7 cm³/mol. The summed E-state index contributed by atoms with van der Waals surface area (Å²) >= 11 is 0. The van der Waals surface area contributed by atoms with E-state index in [9.17, 15) is 31.1 Å². The Kier molecular flexibility index (Phi) is 7.65. The van der Waals surface area contributed by atoms with E-state index in [-0.39, 0.29) is 22.6 Å². The van der Waals surface area contributed by atoms with E-state index in [0.29, 0.717) is 0 Å². The molecule has 0 aliphatic rings. The van der Waals surface area contributed by atoms with Gasteiger partial charge in [0.05, 0.1) is 37.0 Å². The van der Waals surface area contributed by atoms with Crippen LogP contribution in [-0.2, 0) is 12.4 Å². The lowest BCUT2D eigenvalue weighted by Gasteiger charge is -2.12. The maximum Gasteiger partial charge on any atom is 0.420 e. The Morgan fingerprint density at radius 1 is 0.862 bits per heavy atom. The fourth-order valence-corrected chi connectivity index (χ4v) is 2.15. The second-order valence-electron chi connectivity index (χ2n) is 5.49. The van der Waals surface area contributed by atoms with Gasteiger partial charge in [0.25, 0.3) is 0 Å². The SMILES string of the molecule is COc1ccc(C#N)cc1C(F)(F)F.COc1ccc(C(C)=O)cc1C(F)(F)F. The Morgan fingerprint density at radius 3 is 1.69 bits per heavy atom. The molecule has 0 unspecified atom stereocenters. The first-order chi connectivity index (χ1) is 13.3. The van der Waals surface area contributed by atoms with Crippen LogP contribution < -0.4 is 9.47 Å². The van der Waals surface area contributed by atoms with Gasteiger partial charge in [0, 0.05) is 5.56 Å². The molecule has 2 aromatic rings. The maximum atomic E-state index is 12.5. The average molecular weight is 419 g/mol. The molecule has 0 aliphatic carbocycles. The van der Waals surface area contributed by atoms with Crippen molar-refractivity contribution in [3.05, 3.63) is 58.7 Å². The standard InChI is InChI=1S/C10H9F3O2.C9H6F3NO/c1-6(14)7-3-4-9(15-2)8(5-7)10(11,12)13;1-14-8-3-2-6(5-13)4-7(8)9(10,11)12/h3-5H,1-2H3;2-4H,1H3. The number of ether oxygens (including phenoxy) is 2. The molecule has 0 fully saturated rings. The molecule has 4 nitrogen and oxygen atoms in total. The molecule has 0 atom stereocenters. The predicted octanol–water partition coefficient (Wildman–Crippen LogP) is 5.50. The van der Waals surface area contributed by atoms with E-state index >= 15 is 0 Å². The van der Waals surface area contributed by atoms with Crippen molar-refractivity contribution < 1.29 is 40.6 Å². The molecule has 2 aromatic carbocycles. The average Bonchev–Trinajstić information content (AvgIpc) is 2.65. The fourth-order valence-electron chi connectivity index (χ4n) is 2.15. The van der Waals surface area contributed by atoms with E-state index in [1.54, 1.807) is 6.07 Å². The van der Waals surface area contributed by atoms with Crippen LogP contribution in [0.3, 0.4) is 0 Å². The van der Waals surface area contributed by atoms with Gasteiger partial charge in [-0.1, -0.05) is 0 Å². The quantitative estimate of drug-likeness (QED) is 0.487. The number of halogens is 6. The van der Waals surface area contributed by atoms with Gasteiger partial charge in [0.1, 0.15) is 11.5 Å². The van der Waals surface area contributed by atoms with Crippen molar-refractivity contribution >= 4 is 5.78 Å². The van der Waals surface area contributed by atoms with Gasteiger partial charge in [-0.15, -0.1) is 0 Å². The number of methoxy groups -OCH3 is 2. The van der Waals surface area contributed by atoms with Crippen LogP contribution in [-0.4, -0.2) is 20.0 Å². The molecular formula is C19H15F6NO3. The van der Waals surface area contributed by atoms with Crippen molar-refractivity contribution in [2.45, 2.75) is 19.3 Å². The molecule has 10 heteroatoms. The summed E-state index contributed by atoms with van der Waals surface area (Å²) in [6, 6.07) is 8.03. The zero-order valence-electron chi connectivity index (χ0n) is 15.4. The van der Waals surface area contributed by atoms with E-state index in [1.807, 2.05) is 0 Å². The molecule has 2 rings (SSSR count). The Bertz CT molecular complexity index is 914. The first-order valence-electron chi connectivity index (χ1n) is 7.76. The Morgan fingerprint density at radius 2 is 1.31 bits per heavy atom. The highest BCUT2D eigenvalue weighted by Crippen LogP contribution is 2.37. The number of rotatable bonds is 3. The van der Waals surface area contributed by atoms with Crippen LogP contribution >= 0.6 is 0 Å². The first-order valence-corrected chi connectivity index (χ1v) is 7.76. The van der Waals surface area contributed by atoms with E-state index in [1.165, 1.54) is 19.1 Å². The summed E-state index contributed by atoms with van der Waals surface area (Å²) in [5, 5.41) is 8.43. The third-order valence-corrected chi connectivity index (χ3v) is 3.55. The summed E-state index contributed by atoms with van der Waals surface area (Å²) in [5.74, 6) is -0.979. The molecular weight excluding hydrogens is 404 g/mol. The number of benzene rings is 2. The Hall–Kier alpha value is -3.22. The molecule has 0 radical (unpaired) electrons. The van der Waals surface area contributed by atoms with E-state index < -0.39 is 29.3 Å². The molecule has 0 amide bonds. The van der Waals surface area contributed by atoms with Crippen molar-refractivity contribution in [3.63, 3.8) is 0 Å². The van der Waals surface area contributed by atoms with Crippen molar-refractivity contribution in [1.29, 1.82) is 5.26 Å². The highest BCUT2D eigenvalue weighted by Gasteiger charge is 2.35. The van der Waals surface area contributed by atoms with Gasteiger partial charge in [-0.25, -0.2) is 0 Å². The summed E-state index contributed by atoms with van der Waals surface area (Å²) in [5.41, 5.74) is -1.89. The Balaban J connectivity index is 0.000000291. The highest BCUT2D eigenvalue weighted by molar-refractivity contribution is 5.94. The number of hydrogen-bond acceptors (Lipinski definition) is 4. The monoisotopic (exact) mass is 419 g/mol. The minimum atomic E-state index is -4.52. The van der Waals surface area contributed by atoms with Crippen LogP contribution in [0.1, 0.15) is 34.0 Å². The number of alkyl halides is 6. The van der Waals surface area contributed by atoms with Crippen LogP contribution in [0.15, 0.2) is 36.4 Å². The third kappa shape index (κ3) is 6.41. The second-order valence-corrected chi connectivity index (χ2v) is 5.49. The molecule has 0 aliphatic heterocycles. The number of carbonyl (C=O) groups excluding carboxylic acids is 1.